The zero-order chi connectivity index (χ0) is 9.14. The molecule has 0 saturated heterocycles. The van der Waals surface area contributed by atoms with E-state index >= 15 is 0 Å². The molecule has 4 heteroatoms. The maximum absolute atomic E-state index is 10.9. The van der Waals surface area contributed by atoms with Gasteiger partial charge in [0.2, 0.25) is 0 Å². The summed E-state index contributed by atoms with van der Waals surface area (Å²) < 4.78 is 0. The lowest BCUT2D eigenvalue weighted by Gasteiger charge is -2.10. The number of ketones is 1. The number of anilines is 1. The molecule has 0 amide bonds. The van der Waals surface area contributed by atoms with E-state index < -0.39 is 0 Å². The first-order chi connectivity index (χ1) is 5.61. The molecule has 0 saturated carbocycles. The standard InChI is InChI=1S/C8H11N3O/c1-6(12)7-4-8(11(2)3)10-5-9-7/h4-5H,1-3H3. The van der Waals surface area contributed by atoms with Crippen LogP contribution in [0.1, 0.15) is 17.4 Å². The lowest BCUT2D eigenvalue weighted by atomic mass is 10.3. The molecule has 0 aliphatic carbocycles. The lowest BCUT2D eigenvalue weighted by Crippen LogP contribution is -2.12. The highest BCUT2D eigenvalue weighted by Crippen LogP contribution is 2.06. The van der Waals surface area contributed by atoms with Gasteiger partial charge < -0.3 is 4.90 Å². The van der Waals surface area contributed by atoms with Crippen molar-refractivity contribution in [2.45, 2.75) is 6.92 Å². The van der Waals surface area contributed by atoms with E-state index in [-0.39, 0.29) is 5.78 Å². The second-order valence-electron chi connectivity index (χ2n) is 2.71. The molecule has 1 aromatic rings. The molecule has 0 bridgehead atoms. The first-order valence-corrected chi connectivity index (χ1v) is 3.61. The van der Waals surface area contributed by atoms with Crippen LogP contribution in [-0.4, -0.2) is 29.8 Å². The third kappa shape index (κ3) is 1.78. The molecule has 0 atom stereocenters. The van der Waals surface area contributed by atoms with Gasteiger partial charge in [0.05, 0.1) is 0 Å². The Balaban J connectivity index is 3.04. The van der Waals surface area contributed by atoms with Gasteiger partial charge in [-0.2, -0.15) is 0 Å². The maximum atomic E-state index is 10.9. The van der Waals surface area contributed by atoms with E-state index in [4.69, 9.17) is 0 Å². The average molecular weight is 165 g/mol. The quantitative estimate of drug-likeness (QED) is 0.606. The van der Waals surface area contributed by atoms with E-state index in [1.54, 1.807) is 6.07 Å². The predicted octanol–water partition coefficient (Wildman–Crippen LogP) is 0.745. The highest BCUT2D eigenvalue weighted by atomic mass is 16.1. The van der Waals surface area contributed by atoms with Crippen molar-refractivity contribution < 1.29 is 4.79 Å². The summed E-state index contributed by atoms with van der Waals surface area (Å²) in [5.41, 5.74) is 0.453. The SMILES string of the molecule is CC(=O)c1cc(N(C)C)ncn1. The molecule has 0 unspecified atom stereocenters. The van der Waals surface area contributed by atoms with Crippen molar-refractivity contribution in [3.05, 3.63) is 18.1 Å². The van der Waals surface area contributed by atoms with Crippen molar-refractivity contribution in [2.24, 2.45) is 0 Å². The number of Topliss-reactive ketones (excluding diaryl/α,β-unsaturated/α-hetero) is 1. The van der Waals surface area contributed by atoms with Crippen molar-refractivity contribution in [1.29, 1.82) is 0 Å². The van der Waals surface area contributed by atoms with E-state index in [1.807, 2.05) is 19.0 Å². The van der Waals surface area contributed by atoms with Crippen LogP contribution < -0.4 is 4.90 Å². The minimum absolute atomic E-state index is 0.0412. The van der Waals surface area contributed by atoms with Gasteiger partial charge in [-0.15, -0.1) is 0 Å². The number of hydrogen-bond donors (Lipinski definition) is 0. The smallest absolute Gasteiger partial charge is 0.178 e. The first-order valence-electron chi connectivity index (χ1n) is 3.61. The Morgan fingerprint density at radius 2 is 2.08 bits per heavy atom. The second kappa shape index (κ2) is 3.30. The van der Waals surface area contributed by atoms with Gasteiger partial charge in [0, 0.05) is 27.1 Å². The van der Waals surface area contributed by atoms with Gasteiger partial charge in [-0.1, -0.05) is 0 Å². The van der Waals surface area contributed by atoms with Crippen LogP contribution in [0, 0.1) is 0 Å². The number of nitrogens with zero attached hydrogens (tertiary/aromatic N) is 3. The molecule has 0 fully saturated rings. The molecular weight excluding hydrogens is 154 g/mol. The number of carbonyl (C=O) groups is 1. The van der Waals surface area contributed by atoms with Gasteiger partial charge in [0.25, 0.3) is 0 Å². The Morgan fingerprint density at radius 1 is 1.42 bits per heavy atom. The fourth-order valence-electron chi connectivity index (χ4n) is 0.784. The Hall–Kier alpha value is -1.45. The molecule has 12 heavy (non-hydrogen) atoms. The van der Waals surface area contributed by atoms with Crippen LogP contribution in [0.3, 0.4) is 0 Å². The molecular formula is C8H11N3O. The third-order valence-electron chi connectivity index (χ3n) is 1.47. The number of aromatic nitrogens is 2. The molecule has 0 aliphatic rings. The molecule has 0 aliphatic heterocycles. The molecule has 0 radical (unpaired) electrons. The fraction of sp³-hybridized carbons (Fsp3) is 0.375. The van der Waals surface area contributed by atoms with Crippen molar-refractivity contribution in [2.75, 3.05) is 19.0 Å². The first kappa shape index (κ1) is 8.64. The van der Waals surface area contributed by atoms with E-state index in [1.165, 1.54) is 13.3 Å². The Kier molecular flexibility index (Phi) is 2.38. The van der Waals surface area contributed by atoms with Crippen LogP contribution in [0.5, 0.6) is 0 Å². The van der Waals surface area contributed by atoms with E-state index in [0.29, 0.717) is 5.69 Å². The zero-order valence-electron chi connectivity index (χ0n) is 7.40. The van der Waals surface area contributed by atoms with Gasteiger partial charge >= 0.3 is 0 Å². The maximum Gasteiger partial charge on any atom is 0.178 e. The lowest BCUT2D eigenvalue weighted by molar-refractivity contribution is 0.101. The van der Waals surface area contributed by atoms with Crippen molar-refractivity contribution >= 4 is 11.6 Å². The Morgan fingerprint density at radius 3 is 2.58 bits per heavy atom. The topological polar surface area (TPSA) is 46.1 Å². The van der Waals surface area contributed by atoms with Crippen molar-refractivity contribution in [1.82, 2.24) is 9.97 Å². The van der Waals surface area contributed by atoms with E-state index in [9.17, 15) is 4.79 Å². The summed E-state index contributed by atoms with van der Waals surface area (Å²) in [6.07, 6.45) is 1.39. The fourth-order valence-corrected chi connectivity index (χ4v) is 0.784. The molecule has 1 aromatic heterocycles. The number of rotatable bonds is 2. The van der Waals surface area contributed by atoms with Gasteiger partial charge in [-0.05, 0) is 0 Å². The summed E-state index contributed by atoms with van der Waals surface area (Å²) in [6.45, 7) is 1.49. The van der Waals surface area contributed by atoms with Crippen LogP contribution >= 0.6 is 0 Å². The van der Waals surface area contributed by atoms with Crippen molar-refractivity contribution in [3.63, 3.8) is 0 Å². The third-order valence-corrected chi connectivity index (χ3v) is 1.47. The van der Waals surface area contributed by atoms with Crippen molar-refractivity contribution in [3.8, 4) is 0 Å². The summed E-state index contributed by atoms with van der Waals surface area (Å²) in [7, 11) is 3.73. The highest BCUT2D eigenvalue weighted by Gasteiger charge is 2.03. The van der Waals surface area contributed by atoms with Gasteiger partial charge in [-0.3, -0.25) is 4.79 Å². The minimum atomic E-state index is -0.0412. The Labute approximate surface area is 71.3 Å². The zero-order valence-corrected chi connectivity index (χ0v) is 7.40. The summed E-state index contributed by atoms with van der Waals surface area (Å²) in [5, 5.41) is 0. The van der Waals surface area contributed by atoms with Gasteiger partial charge in [0.1, 0.15) is 17.8 Å². The van der Waals surface area contributed by atoms with Gasteiger partial charge in [-0.25, -0.2) is 9.97 Å². The van der Waals surface area contributed by atoms with E-state index in [2.05, 4.69) is 9.97 Å². The average Bonchev–Trinajstić information content (AvgIpc) is 2.04. The molecule has 4 nitrogen and oxygen atoms in total. The minimum Gasteiger partial charge on any atom is -0.363 e. The van der Waals surface area contributed by atoms with Crippen LogP contribution in [0.25, 0.3) is 0 Å². The van der Waals surface area contributed by atoms with Crippen LogP contribution in [0.4, 0.5) is 5.82 Å². The molecule has 1 heterocycles. The van der Waals surface area contributed by atoms with Crippen LogP contribution in [-0.2, 0) is 0 Å². The summed E-state index contributed by atoms with van der Waals surface area (Å²) in [4.78, 5) is 20.6. The van der Waals surface area contributed by atoms with E-state index in [0.717, 1.165) is 5.82 Å². The second-order valence-corrected chi connectivity index (χ2v) is 2.71. The van der Waals surface area contributed by atoms with Crippen LogP contribution in [0.15, 0.2) is 12.4 Å². The number of carbonyl (C=O) groups excluding carboxylic acids is 1. The molecule has 0 N–H and O–H groups in total. The normalized spacial score (nSPS) is 9.58. The predicted molar refractivity (Wildman–Crippen MR) is 46.4 cm³/mol. The largest absolute Gasteiger partial charge is 0.363 e. The number of hydrogen-bond acceptors (Lipinski definition) is 4. The van der Waals surface area contributed by atoms with Gasteiger partial charge in [0.15, 0.2) is 5.78 Å². The summed E-state index contributed by atoms with van der Waals surface area (Å²) in [5.74, 6) is 0.704. The Bertz CT molecular complexity index is 296. The monoisotopic (exact) mass is 165 g/mol. The molecule has 0 aromatic carbocycles. The molecule has 1 rings (SSSR count). The molecule has 64 valence electrons. The highest BCUT2D eigenvalue weighted by molar-refractivity contribution is 5.92. The summed E-state index contributed by atoms with van der Waals surface area (Å²) >= 11 is 0. The summed E-state index contributed by atoms with van der Waals surface area (Å²) in [6, 6.07) is 1.67. The molecule has 0 spiro atoms. The van der Waals surface area contributed by atoms with Crippen LogP contribution in [0.2, 0.25) is 0 Å².